The van der Waals surface area contributed by atoms with Crippen LogP contribution in [0, 0.1) is 5.92 Å². The maximum atomic E-state index is 11.9. The minimum absolute atomic E-state index is 0.0444. The number of rotatable bonds is 6. The third-order valence-corrected chi connectivity index (χ3v) is 2.90. The molecule has 0 aromatic carbocycles. The molecule has 0 aromatic rings. The Balaban J connectivity index is 2.51. The summed E-state index contributed by atoms with van der Waals surface area (Å²) < 4.78 is 0. The van der Waals surface area contributed by atoms with Gasteiger partial charge in [0.1, 0.15) is 0 Å². The Bertz CT molecular complexity index is 248. The highest BCUT2D eigenvalue weighted by atomic mass is 16.4. The van der Waals surface area contributed by atoms with Crippen LogP contribution in [-0.4, -0.2) is 34.5 Å². The number of hydrogen-bond acceptors (Lipinski definition) is 2. The Kier molecular flexibility index (Phi) is 4.12. The minimum Gasteiger partial charge on any atom is -0.481 e. The molecule has 0 aromatic heterocycles. The number of nitrogens with zero attached hydrogens (tertiary/aromatic N) is 1. The van der Waals surface area contributed by atoms with E-state index in [1.807, 2.05) is 13.8 Å². The molecule has 1 unspecified atom stereocenters. The first kappa shape index (κ1) is 12.0. The first-order valence-electron chi connectivity index (χ1n) is 5.58. The van der Waals surface area contributed by atoms with Crippen molar-refractivity contribution in [1.82, 2.24) is 4.90 Å². The van der Waals surface area contributed by atoms with Crippen molar-refractivity contribution in [2.45, 2.75) is 45.6 Å². The number of hydrogen-bond donors (Lipinski definition) is 1. The van der Waals surface area contributed by atoms with E-state index in [1.165, 1.54) is 0 Å². The van der Waals surface area contributed by atoms with E-state index in [1.54, 1.807) is 4.90 Å². The first-order chi connectivity index (χ1) is 7.06. The highest BCUT2D eigenvalue weighted by molar-refractivity contribution is 5.81. The van der Waals surface area contributed by atoms with Gasteiger partial charge in [0, 0.05) is 18.5 Å². The molecule has 1 N–H and O–H groups in total. The van der Waals surface area contributed by atoms with E-state index >= 15 is 0 Å². The number of carbonyl (C=O) groups excluding carboxylic acids is 1. The van der Waals surface area contributed by atoms with Crippen molar-refractivity contribution in [2.24, 2.45) is 5.92 Å². The monoisotopic (exact) mass is 213 g/mol. The Morgan fingerprint density at radius 2 is 2.07 bits per heavy atom. The van der Waals surface area contributed by atoms with Gasteiger partial charge < -0.3 is 10.0 Å². The number of amides is 1. The van der Waals surface area contributed by atoms with Crippen molar-refractivity contribution in [3.63, 3.8) is 0 Å². The lowest BCUT2D eigenvalue weighted by Crippen LogP contribution is -2.40. The molecule has 4 nitrogen and oxygen atoms in total. The number of carbonyl (C=O) groups is 2. The standard InChI is InChI=1S/C11H19NO3/c1-3-8(2)12(7-6-10(13)14)11(15)9-4-5-9/h8-9H,3-7H2,1-2H3,(H,13,14). The first-order valence-corrected chi connectivity index (χ1v) is 5.58. The summed E-state index contributed by atoms with van der Waals surface area (Å²) in [6, 6.07) is 0.150. The van der Waals surface area contributed by atoms with E-state index in [2.05, 4.69) is 0 Å². The SMILES string of the molecule is CCC(C)N(CCC(=O)O)C(=O)C1CC1. The summed E-state index contributed by atoms with van der Waals surface area (Å²) in [4.78, 5) is 24.1. The second kappa shape index (κ2) is 5.14. The summed E-state index contributed by atoms with van der Waals surface area (Å²) in [5.74, 6) is -0.523. The molecule has 86 valence electrons. The third kappa shape index (κ3) is 3.53. The van der Waals surface area contributed by atoms with Gasteiger partial charge >= 0.3 is 5.97 Å². The molecule has 1 rings (SSSR count). The van der Waals surface area contributed by atoms with Crippen LogP contribution in [-0.2, 0) is 9.59 Å². The third-order valence-electron chi connectivity index (χ3n) is 2.90. The van der Waals surface area contributed by atoms with Gasteiger partial charge in [0.05, 0.1) is 6.42 Å². The summed E-state index contributed by atoms with van der Waals surface area (Å²) in [6.07, 6.45) is 2.86. The Morgan fingerprint density at radius 1 is 1.47 bits per heavy atom. The largest absolute Gasteiger partial charge is 0.481 e. The van der Waals surface area contributed by atoms with Crippen molar-refractivity contribution in [1.29, 1.82) is 0 Å². The van der Waals surface area contributed by atoms with Crippen LogP contribution in [0.15, 0.2) is 0 Å². The normalized spacial score (nSPS) is 17.2. The second-order valence-electron chi connectivity index (χ2n) is 4.21. The van der Waals surface area contributed by atoms with Gasteiger partial charge in [-0.3, -0.25) is 9.59 Å². The topological polar surface area (TPSA) is 57.6 Å². The molecule has 0 bridgehead atoms. The van der Waals surface area contributed by atoms with Gasteiger partial charge in [0.15, 0.2) is 0 Å². The van der Waals surface area contributed by atoms with E-state index in [0.29, 0.717) is 6.54 Å². The van der Waals surface area contributed by atoms with Gasteiger partial charge in [0.25, 0.3) is 0 Å². The Labute approximate surface area is 90.3 Å². The molecule has 0 radical (unpaired) electrons. The smallest absolute Gasteiger partial charge is 0.305 e. The number of carboxylic acid groups (broad SMARTS) is 1. The zero-order valence-corrected chi connectivity index (χ0v) is 9.40. The number of aliphatic carboxylic acids is 1. The quantitative estimate of drug-likeness (QED) is 0.727. The highest BCUT2D eigenvalue weighted by Gasteiger charge is 2.34. The van der Waals surface area contributed by atoms with Gasteiger partial charge in [-0.1, -0.05) is 6.92 Å². The molecule has 4 heteroatoms. The molecular weight excluding hydrogens is 194 g/mol. The van der Waals surface area contributed by atoms with Crippen LogP contribution < -0.4 is 0 Å². The Hall–Kier alpha value is -1.06. The molecule has 1 aliphatic carbocycles. The van der Waals surface area contributed by atoms with E-state index in [4.69, 9.17) is 5.11 Å². The zero-order chi connectivity index (χ0) is 11.4. The van der Waals surface area contributed by atoms with E-state index in [9.17, 15) is 9.59 Å². The summed E-state index contributed by atoms with van der Waals surface area (Å²) in [5, 5.41) is 8.61. The van der Waals surface area contributed by atoms with Crippen LogP contribution in [0.5, 0.6) is 0 Å². The van der Waals surface area contributed by atoms with Gasteiger partial charge in [0.2, 0.25) is 5.91 Å². The molecule has 0 aliphatic heterocycles. The summed E-state index contributed by atoms with van der Waals surface area (Å²) in [5.41, 5.74) is 0. The fourth-order valence-corrected chi connectivity index (χ4v) is 1.55. The van der Waals surface area contributed by atoms with Crippen LogP contribution in [0.2, 0.25) is 0 Å². The molecule has 1 fully saturated rings. The second-order valence-corrected chi connectivity index (χ2v) is 4.21. The highest BCUT2D eigenvalue weighted by Crippen LogP contribution is 2.31. The van der Waals surface area contributed by atoms with Crippen molar-refractivity contribution < 1.29 is 14.7 Å². The molecule has 0 saturated heterocycles. The fourth-order valence-electron chi connectivity index (χ4n) is 1.55. The lowest BCUT2D eigenvalue weighted by molar-refractivity contribution is -0.139. The summed E-state index contributed by atoms with van der Waals surface area (Å²) in [6.45, 7) is 4.33. The van der Waals surface area contributed by atoms with Gasteiger partial charge in [-0.25, -0.2) is 0 Å². The van der Waals surface area contributed by atoms with Crippen LogP contribution in [0.3, 0.4) is 0 Å². The molecule has 0 heterocycles. The van der Waals surface area contributed by atoms with Crippen LogP contribution >= 0.6 is 0 Å². The minimum atomic E-state index is -0.841. The van der Waals surface area contributed by atoms with E-state index in [0.717, 1.165) is 19.3 Å². The molecule has 15 heavy (non-hydrogen) atoms. The fraction of sp³-hybridized carbons (Fsp3) is 0.818. The summed E-state index contributed by atoms with van der Waals surface area (Å²) in [7, 11) is 0. The van der Waals surface area contributed by atoms with E-state index in [-0.39, 0.29) is 24.3 Å². The van der Waals surface area contributed by atoms with Crippen LogP contribution in [0.1, 0.15) is 39.5 Å². The number of carboxylic acids is 1. The van der Waals surface area contributed by atoms with Crippen molar-refractivity contribution in [3.8, 4) is 0 Å². The molecule has 1 saturated carbocycles. The van der Waals surface area contributed by atoms with Gasteiger partial charge in [-0.05, 0) is 26.2 Å². The average Bonchev–Trinajstić information content (AvgIpc) is 3.00. The van der Waals surface area contributed by atoms with E-state index < -0.39 is 5.97 Å². The Morgan fingerprint density at radius 3 is 2.47 bits per heavy atom. The maximum Gasteiger partial charge on any atom is 0.305 e. The predicted molar refractivity (Wildman–Crippen MR) is 56.4 cm³/mol. The lowest BCUT2D eigenvalue weighted by Gasteiger charge is -2.28. The molecule has 1 amide bonds. The van der Waals surface area contributed by atoms with Gasteiger partial charge in [-0.2, -0.15) is 0 Å². The average molecular weight is 213 g/mol. The van der Waals surface area contributed by atoms with Crippen LogP contribution in [0.25, 0.3) is 0 Å². The van der Waals surface area contributed by atoms with Crippen molar-refractivity contribution >= 4 is 11.9 Å². The van der Waals surface area contributed by atoms with Crippen LogP contribution in [0.4, 0.5) is 0 Å². The van der Waals surface area contributed by atoms with Crippen molar-refractivity contribution in [2.75, 3.05) is 6.54 Å². The molecule has 0 spiro atoms. The molecular formula is C11H19NO3. The zero-order valence-electron chi connectivity index (χ0n) is 9.40. The van der Waals surface area contributed by atoms with Gasteiger partial charge in [-0.15, -0.1) is 0 Å². The lowest BCUT2D eigenvalue weighted by atomic mass is 10.2. The summed E-state index contributed by atoms with van der Waals surface area (Å²) >= 11 is 0. The predicted octanol–water partition coefficient (Wildman–Crippen LogP) is 1.50. The van der Waals surface area contributed by atoms with Crippen molar-refractivity contribution in [3.05, 3.63) is 0 Å². The molecule has 1 aliphatic rings. The maximum absolute atomic E-state index is 11.9. The molecule has 1 atom stereocenters.